The van der Waals surface area contributed by atoms with Gasteiger partial charge in [-0.1, -0.05) is 121 Å². The highest BCUT2D eigenvalue weighted by atomic mass is 14.4. The van der Waals surface area contributed by atoms with Crippen LogP contribution in [0.3, 0.4) is 0 Å². The molecule has 0 radical (unpaired) electrons. The summed E-state index contributed by atoms with van der Waals surface area (Å²) in [6, 6.07) is 0. The zero-order valence-corrected chi connectivity index (χ0v) is 18.7. The van der Waals surface area contributed by atoms with E-state index in [2.05, 4.69) is 41.5 Å². The fraction of sp³-hybridized carbons (Fsp3) is 1.00. The van der Waals surface area contributed by atoms with Gasteiger partial charge in [-0.3, -0.25) is 0 Å². The first-order valence-electron chi connectivity index (χ1n) is 11.0. The Morgan fingerprint density at radius 1 is 0.522 bits per heavy atom. The van der Waals surface area contributed by atoms with E-state index in [1.54, 1.807) is 0 Å². The van der Waals surface area contributed by atoms with E-state index < -0.39 is 0 Å². The van der Waals surface area contributed by atoms with Gasteiger partial charge in [-0.25, -0.2) is 0 Å². The van der Waals surface area contributed by atoms with E-state index in [0.29, 0.717) is 5.41 Å². The summed E-state index contributed by atoms with van der Waals surface area (Å²) in [5.41, 5.74) is 0.538. The van der Waals surface area contributed by atoms with Crippen molar-refractivity contribution in [3.8, 4) is 0 Å². The van der Waals surface area contributed by atoms with E-state index >= 15 is 0 Å². The molecule has 0 aromatic carbocycles. The lowest BCUT2D eigenvalue weighted by molar-refractivity contribution is 0.0811. The molecule has 2 atom stereocenters. The van der Waals surface area contributed by atoms with Gasteiger partial charge in [0.2, 0.25) is 0 Å². The molecule has 0 N–H and O–H groups in total. The van der Waals surface area contributed by atoms with Crippen molar-refractivity contribution in [2.75, 3.05) is 0 Å². The molecular formula is C23H52. The van der Waals surface area contributed by atoms with E-state index in [1.165, 1.54) is 64.2 Å². The molecule has 0 aromatic heterocycles. The normalized spacial score (nSPS) is 13.3. The molecule has 0 aliphatic rings. The molecule has 144 valence electrons. The SMILES string of the molecule is CC.CC.CCCCC(CCC)C(C)(C)C(CCC)CCCC. The Kier molecular flexibility index (Phi) is 24.3. The largest absolute Gasteiger partial charge is 0.0683 e. The first kappa shape index (κ1) is 27.8. The molecule has 0 heteroatoms. The van der Waals surface area contributed by atoms with Crippen LogP contribution >= 0.6 is 0 Å². The Hall–Kier alpha value is 0. The van der Waals surface area contributed by atoms with Gasteiger partial charge in [0.05, 0.1) is 0 Å². The van der Waals surface area contributed by atoms with Gasteiger partial charge >= 0.3 is 0 Å². The monoisotopic (exact) mass is 328 g/mol. The van der Waals surface area contributed by atoms with Crippen LogP contribution in [-0.4, -0.2) is 0 Å². The molecule has 23 heavy (non-hydrogen) atoms. The lowest BCUT2D eigenvalue weighted by atomic mass is 9.63. The van der Waals surface area contributed by atoms with Gasteiger partial charge in [0, 0.05) is 0 Å². The molecular weight excluding hydrogens is 276 g/mol. The summed E-state index contributed by atoms with van der Waals surface area (Å²) in [6.07, 6.45) is 14.0. The summed E-state index contributed by atoms with van der Waals surface area (Å²) < 4.78 is 0. The van der Waals surface area contributed by atoms with E-state index in [-0.39, 0.29) is 0 Å². The zero-order valence-electron chi connectivity index (χ0n) is 18.7. The van der Waals surface area contributed by atoms with Gasteiger partial charge in [-0.05, 0) is 30.1 Å². The van der Waals surface area contributed by atoms with Gasteiger partial charge < -0.3 is 0 Å². The molecule has 0 heterocycles. The molecule has 0 rings (SSSR count). The lowest BCUT2D eigenvalue weighted by Crippen LogP contribution is -2.33. The van der Waals surface area contributed by atoms with Crippen LogP contribution < -0.4 is 0 Å². The Morgan fingerprint density at radius 2 is 0.826 bits per heavy atom. The molecule has 2 unspecified atom stereocenters. The predicted octanol–water partition coefficient (Wildman–Crippen LogP) is 9.28. The maximum Gasteiger partial charge on any atom is -0.0298 e. The Bertz CT molecular complexity index is 172. The quantitative estimate of drug-likeness (QED) is 0.335. The minimum Gasteiger partial charge on any atom is -0.0683 e. The van der Waals surface area contributed by atoms with Crippen molar-refractivity contribution in [3.63, 3.8) is 0 Å². The smallest absolute Gasteiger partial charge is 0.0298 e. The van der Waals surface area contributed by atoms with Crippen LogP contribution in [0.15, 0.2) is 0 Å². The topological polar surface area (TPSA) is 0 Å². The summed E-state index contributed by atoms with van der Waals surface area (Å²) >= 11 is 0. The van der Waals surface area contributed by atoms with Crippen LogP contribution in [0.5, 0.6) is 0 Å². The first-order valence-corrected chi connectivity index (χ1v) is 11.0. The van der Waals surface area contributed by atoms with E-state index in [0.717, 1.165) is 11.8 Å². The second-order valence-corrected chi connectivity index (χ2v) is 7.08. The summed E-state index contributed by atoms with van der Waals surface area (Å²) in [5.74, 6) is 1.87. The summed E-state index contributed by atoms with van der Waals surface area (Å²) in [4.78, 5) is 0. The molecule has 0 aliphatic heterocycles. The van der Waals surface area contributed by atoms with Gasteiger partial charge in [-0.2, -0.15) is 0 Å². The van der Waals surface area contributed by atoms with Crippen molar-refractivity contribution in [2.24, 2.45) is 17.3 Å². The maximum absolute atomic E-state index is 2.57. The third-order valence-electron chi connectivity index (χ3n) is 5.19. The highest BCUT2D eigenvalue weighted by Gasteiger charge is 2.35. The van der Waals surface area contributed by atoms with E-state index in [1.807, 2.05) is 27.7 Å². The van der Waals surface area contributed by atoms with Crippen LogP contribution in [0.4, 0.5) is 0 Å². The summed E-state index contributed by atoms with van der Waals surface area (Å²) in [7, 11) is 0. The van der Waals surface area contributed by atoms with E-state index in [4.69, 9.17) is 0 Å². The molecule has 0 spiro atoms. The van der Waals surface area contributed by atoms with Crippen LogP contribution in [0.1, 0.15) is 133 Å². The van der Waals surface area contributed by atoms with Crippen molar-refractivity contribution in [1.29, 1.82) is 0 Å². The fourth-order valence-corrected chi connectivity index (χ4v) is 3.71. The second-order valence-electron chi connectivity index (χ2n) is 7.08. The highest BCUT2D eigenvalue weighted by Crippen LogP contribution is 2.44. The minimum atomic E-state index is 0.538. The van der Waals surface area contributed by atoms with Crippen molar-refractivity contribution < 1.29 is 0 Å². The van der Waals surface area contributed by atoms with Crippen molar-refractivity contribution >= 4 is 0 Å². The van der Waals surface area contributed by atoms with Crippen molar-refractivity contribution in [2.45, 2.75) is 133 Å². The summed E-state index contributed by atoms with van der Waals surface area (Å²) in [6.45, 7) is 22.5. The second kappa shape index (κ2) is 20.0. The average molecular weight is 329 g/mol. The Balaban J connectivity index is -0.000000919. The number of unbranched alkanes of at least 4 members (excludes halogenated alkanes) is 2. The zero-order chi connectivity index (χ0) is 18.7. The molecule has 0 saturated heterocycles. The third-order valence-corrected chi connectivity index (χ3v) is 5.19. The molecule has 0 aromatic rings. The number of rotatable bonds is 12. The molecule has 0 fully saturated rings. The van der Waals surface area contributed by atoms with Gasteiger partial charge in [0.15, 0.2) is 0 Å². The maximum atomic E-state index is 2.57. The van der Waals surface area contributed by atoms with Crippen molar-refractivity contribution in [1.82, 2.24) is 0 Å². The van der Waals surface area contributed by atoms with Crippen LogP contribution in [0.25, 0.3) is 0 Å². The van der Waals surface area contributed by atoms with E-state index in [9.17, 15) is 0 Å². The third kappa shape index (κ3) is 13.0. The van der Waals surface area contributed by atoms with Crippen molar-refractivity contribution in [3.05, 3.63) is 0 Å². The molecule has 0 amide bonds. The highest BCUT2D eigenvalue weighted by molar-refractivity contribution is 4.85. The van der Waals surface area contributed by atoms with Gasteiger partial charge in [0.1, 0.15) is 0 Å². The molecule has 0 saturated carbocycles. The molecule has 0 bridgehead atoms. The van der Waals surface area contributed by atoms with Crippen LogP contribution in [0.2, 0.25) is 0 Å². The van der Waals surface area contributed by atoms with Crippen LogP contribution in [0, 0.1) is 17.3 Å². The average Bonchev–Trinajstić information content (AvgIpc) is 2.58. The predicted molar refractivity (Wildman–Crippen MR) is 112 cm³/mol. The fourth-order valence-electron chi connectivity index (χ4n) is 3.71. The molecule has 0 aliphatic carbocycles. The number of hydrogen-bond donors (Lipinski definition) is 0. The van der Waals surface area contributed by atoms with Crippen LogP contribution in [-0.2, 0) is 0 Å². The Labute approximate surface area is 151 Å². The minimum absolute atomic E-state index is 0.538. The summed E-state index contributed by atoms with van der Waals surface area (Å²) in [5, 5.41) is 0. The van der Waals surface area contributed by atoms with Gasteiger partial charge in [0.25, 0.3) is 0 Å². The molecule has 0 nitrogen and oxygen atoms in total. The standard InChI is InChI=1S/C19H40.2C2H6/c1-7-11-15-17(13-9-3)19(5,6)18(14-10-4)16-12-8-2;2*1-2/h17-18H,7-16H2,1-6H3;2*1-2H3. The first-order chi connectivity index (χ1) is 11.0. The lowest BCUT2D eigenvalue weighted by Gasteiger charge is -2.42. The Morgan fingerprint density at radius 3 is 1.04 bits per heavy atom. The number of hydrogen-bond acceptors (Lipinski definition) is 0. The van der Waals surface area contributed by atoms with Gasteiger partial charge in [-0.15, -0.1) is 0 Å².